The third kappa shape index (κ3) is 2.97. The van der Waals surface area contributed by atoms with E-state index in [0.29, 0.717) is 16.8 Å². The highest BCUT2D eigenvalue weighted by molar-refractivity contribution is 5.99. The molecule has 0 radical (unpaired) electrons. The summed E-state index contributed by atoms with van der Waals surface area (Å²) < 4.78 is 29.6. The number of amides is 1. The number of carbonyl (C=O) groups is 1. The number of hydrogen-bond acceptors (Lipinski definition) is 4. The fourth-order valence-corrected chi connectivity index (χ4v) is 3.59. The number of anilines is 1. The van der Waals surface area contributed by atoms with E-state index in [4.69, 9.17) is 11.0 Å². The molecular formula is C19H15F2N5O. The van der Waals surface area contributed by atoms with Crippen molar-refractivity contribution in [3.8, 4) is 6.07 Å². The number of nitrogens with two attached hydrogens (primary N) is 1. The van der Waals surface area contributed by atoms with E-state index >= 15 is 0 Å². The minimum absolute atomic E-state index is 0.124. The Morgan fingerprint density at radius 3 is 2.89 bits per heavy atom. The second-order valence-corrected chi connectivity index (χ2v) is 6.52. The molecule has 2 atom stereocenters. The monoisotopic (exact) mass is 367 g/mol. The maximum atomic E-state index is 14.2. The summed E-state index contributed by atoms with van der Waals surface area (Å²) in [6, 6.07) is 9.00. The molecular weight excluding hydrogens is 352 g/mol. The number of alkyl halides is 1. The first-order valence-electron chi connectivity index (χ1n) is 8.35. The van der Waals surface area contributed by atoms with Gasteiger partial charge in [0.25, 0.3) is 5.91 Å². The number of rotatable bonds is 3. The second kappa shape index (κ2) is 6.36. The Morgan fingerprint density at radius 2 is 2.15 bits per heavy atom. The number of aromatic nitrogens is 2. The van der Waals surface area contributed by atoms with Crippen LogP contribution < -0.4 is 10.6 Å². The lowest BCUT2D eigenvalue weighted by Crippen LogP contribution is -2.24. The highest BCUT2D eigenvalue weighted by Crippen LogP contribution is 2.38. The Morgan fingerprint density at radius 1 is 1.33 bits per heavy atom. The summed E-state index contributed by atoms with van der Waals surface area (Å²) in [6.45, 7) is 0.124. The fraction of sp³-hybridized carbons (Fsp3) is 0.211. The molecule has 8 heteroatoms. The highest BCUT2D eigenvalue weighted by atomic mass is 19.1. The molecule has 0 bridgehead atoms. The number of carbonyl (C=O) groups excluding carboxylic acids is 1. The molecule has 1 amide bonds. The van der Waals surface area contributed by atoms with Crippen molar-refractivity contribution < 1.29 is 13.6 Å². The first-order chi connectivity index (χ1) is 13.0. The van der Waals surface area contributed by atoms with E-state index in [-0.39, 0.29) is 24.1 Å². The molecule has 1 fully saturated rings. The molecule has 2 N–H and O–H groups in total. The summed E-state index contributed by atoms with van der Waals surface area (Å²) in [5, 5.41) is 13.2. The SMILES string of the molecule is N#Cc1cc(F)cc([C@@H]2C[C@H](F)CN2c2ccn3ncc(C(N)=O)c3c2)c1. The van der Waals surface area contributed by atoms with Crippen LogP contribution >= 0.6 is 0 Å². The lowest BCUT2D eigenvalue weighted by molar-refractivity contribution is 0.100. The minimum atomic E-state index is -1.10. The van der Waals surface area contributed by atoms with Gasteiger partial charge in [0.05, 0.1) is 35.0 Å². The zero-order valence-corrected chi connectivity index (χ0v) is 14.1. The van der Waals surface area contributed by atoms with E-state index in [2.05, 4.69) is 5.10 Å². The maximum absolute atomic E-state index is 14.2. The molecule has 1 saturated heterocycles. The lowest BCUT2D eigenvalue weighted by atomic mass is 10.0. The van der Waals surface area contributed by atoms with Crippen LogP contribution in [0.5, 0.6) is 0 Å². The van der Waals surface area contributed by atoms with Gasteiger partial charge in [0.15, 0.2) is 0 Å². The molecule has 3 heterocycles. The standard InChI is InChI=1S/C19H15F2N5O/c20-13-4-11(8-22)3-12(5-13)17-6-14(21)10-25(17)15-1-2-26-18(7-15)16(9-24-26)19(23)27/h1-5,7,9,14,17H,6,10H2,(H2,23,27)/t14-,17-/m0/s1. The number of nitrogens with zero attached hydrogens (tertiary/aromatic N) is 4. The van der Waals surface area contributed by atoms with Gasteiger partial charge < -0.3 is 10.6 Å². The van der Waals surface area contributed by atoms with Gasteiger partial charge in [-0.3, -0.25) is 4.79 Å². The van der Waals surface area contributed by atoms with Crippen molar-refractivity contribution in [1.82, 2.24) is 9.61 Å². The molecule has 1 aromatic carbocycles. The summed E-state index contributed by atoms with van der Waals surface area (Å²) in [5.41, 5.74) is 7.55. The average molecular weight is 367 g/mol. The number of benzene rings is 1. The van der Waals surface area contributed by atoms with E-state index < -0.39 is 23.9 Å². The fourth-order valence-electron chi connectivity index (χ4n) is 3.59. The quantitative estimate of drug-likeness (QED) is 0.771. The Bertz CT molecular complexity index is 1090. The zero-order chi connectivity index (χ0) is 19.1. The Labute approximate surface area is 153 Å². The molecule has 0 aliphatic carbocycles. The molecule has 3 aromatic rings. The van der Waals surface area contributed by atoms with Crippen molar-refractivity contribution in [2.45, 2.75) is 18.6 Å². The molecule has 1 aliphatic rings. The maximum Gasteiger partial charge on any atom is 0.252 e. The molecule has 1 aliphatic heterocycles. The number of primary amides is 1. The molecule has 27 heavy (non-hydrogen) atoms. The van der Waals surface area contributed by atoms with Gasteiger partial charge in [-0.15, -0.1) is 0 Å². The normalized spacial score (nSPS) is 19.4. The summed E-state index contributed by atoms with van der Waals surface area (Å²) in [4.78, 5) is 13.4. The Hall–Kier alpha value is -3.47. The van der Waals surface area contributed by atoms with Crippen LogP contribution in [-0.2, 0) is 0 Å². The summed E-state index contributed by atoms with van der Waals surface area (Å²) >= 11 is 0. The lowest BCUT2D eigenvalue weighted by Gasteiger charge is -2.27. The van der Waals surface area contributed by atoms with E-state index in [0.717, 1.165) is 6.07 Å². The van der Waals surface area contributed by atoms with Crippen molar-refractivity contribution in [2.75, 3.05) is 11.4 Å². The number of nitriles is 1. The molecule has 2 aromatic heterocycles. The molecule has 0 saturated carbocycles. The number of hydrogen-bond donors (Lipinski definition) is 1. The first kappa shape index (κ1) is 17.0. The van der Waals surface area contributed by atoms with Gasteiger partial charge in [0, 0.05) is 24.8 Å². The summed E-state index contributed by atoms with van der Waals surface area (Å²) in [6.07, 6.45) is 2.13. The third-order valence-corrected chi connectivity index (χ3v) is 4.79. The minimum Gasteiger partial charge on any atom is -0.365 e. The Kier molecular flexibility index (Phi) is 4.00. The van der Waals surface area contributed by atoms with Gasteiger partial charge in [-0.1, -0.05) is 0 Å². The van der Waals surface area contributed by atoms with Gasteiger partial charge in [-0.05, 0) is 35.9 Å². The Balaban J connectivity index is 1.79. The van der Waals surface area contributed by atoms with Gasteiger partial charge in [-0.2, -0.15) is 10.4 Å². The molecule has 136 valence electrons. The predicted molar refractivity (Wildman–Crippen MR) is 94.4 cm³/mol. The third-order valence-electron chi connectivity index (χ3n) is 4.79. The van der Waals surface area contributed by atoms with Gasteiger partial charge in [-0.25, -0.2) is 13.3 Å². The smallest absolute Gasteiger partial charge is 0.252 e. The van der Waals surface area contributed by atoms with Crippen LogP contribution in [0.15, 0.2) is 42.7 Å². The number of pyridine rings is 1. The van der Waals surface area contributed by atoms with Crippen LogP contribution in [0.3, 0.4) is 0 Å². The van der Waals surface area contributed by atoms with Crippen molar-refractivity contribution in [1.29, 1.82) is 5.26 Å². The van der Waals surface area contributed by atoms with Crippen LogP contribution in [0.4, 0.5) is 14.5 Å². The van der Waals surface area contributed by atoms with Crippen LogP contribution in [-0.4, -0.2) is 28.2 Å². The predicted octanol–water partition coefficient (Wildman–Crippen LogP) is 2.73. The van der Waals surface area contributed by atoms with Crippen molar-refractivity contribution in [2.24, 2.45) is 5.73 Å². The van der Waals surface area contributed by atoms with Crippen LogP contribution in [0.25, 0.3) is 5.52 Å². The van der Waals surface area contributed by atoms with Gasteiger partial charge in [0.1, 0.15) is 12.0 Å². The van der Waals surface area contributed by atoms with Crippen molar-refractivity contribution in [3.05, 3.63) is 65.2 Å². The number of halogens is 2. The van der Waals surface area contributed by atoms with Crippen LogP contribution in [0, 0.1) is 17.1 Å². The van der Waals surface area contributed by atoms with Gasteiger partial charge >= 0.3 is 0 Å². The van der Waals surface area contributed by atoms with Crippen molar-refractivity contribution in [3.63, 3.8) is 0 Å². The average Bonchev–Trinajstić information content (AvgIpc) is 3.24. The van der Waals surface area contributed by atoms with E-state index in [9.17, 15) is 13.6 Å². The van der Waals surface area contributed by atoms with E-state index in [1.807, 2.05) is 6.07 Å². The second-order valence-electron chi connectivity index (χ2n) is 6.52. The largest absolute Gasteiger partial charge is 0.365 e. The summed E-state index contributed by atoms with van der Waals surface area (Å²) in [7, 11) is 0. The zero-order valence-electron chi connectivity index (χ0n) is 14.1. The van der Waals surface area contributed by atoms with Gasteiger partial charge in [0.2, 0.25) is 0 Å². The van der Waals surface area contributed by atoms with Crippen molar-refractivity contribution >= 4 is 17.1 Å². The highest BCUT2D eigenvalue weighted by Gasteiger charge is 2.34. The van der Waals surface area contributed by atoms with E-state index in [1.54, 1.807) is 29.3 Å². The van der Waals surface area contributed by atoms with Crippen LogP contribution in [0.2, 0.25) is 0 Å². The molecule has 4 rings (SSSR count). The molecule has 6 nitrogen and oxygen atoms in total. The summed E-state index contributed by atoms with van der Waals surface area (Å²) in [5.74, 6) is -1.14. The topological polar surface area (TPSA) is 87.4 Å². The van der Waals surface area contributed by atoms with E-state index in [1.165, 1.54) is 16.8 Å². The molecule has 0 spiro atoms. The molecule has 0 unspecified atom stereocenters. The first-order valence-corrected chi connectivity index (χ1v) is 8.35. The number of fused-ring (bicyclic) bond motifs is 1. The van der Waals surface area contributed by atoms with Crippen LogP contribution in [0.1, 0.15) is 33.9 Å².